The lowest BCUT2D eigenvalue weighted by Crippen LogP contribution is -2.31. The Morgan fingerprint density at radius 3 is 2.31 bits per heavy atom. The van der Waals surface area contributed by atoms with Gasteiger partial charge in [0.15, 0.2) is 0 Å². The molecule has 0 bridgehead atoms. The van der Waals surface area contributed by atoms with Gasteiger partial charge in [-0.05, 0) is 24.3 Å². The van der Waals surface area contributed by atoms with Gasteiger partial charge in [0.25, 0.3) is 11.8 Å². The third-order valence-electron chi connectivity index (χ3n) is 4.20. The van der Waals surface area contributed by atoms with E-state index in [4.69, 9.17) is 4.74 Å². The minimum atomic E-state index is -4.59. The Hall–Kier alpha value is -2.74. The minimum absolute atomic E-state index is 0.0204. The number of methoxy groups -OCH3 is 1. The number of carbonyl (C=O) groups is 2. The second-order valence-electron chi connectivity index (χ2n) is 6.56. The number of hydrogen-bond acceptors (Lipinski definition) is 4. The highest BCUT2D eigenvalue weighted by Crippen LogP contribution is 2.43. The number of thioether (sulfide) groups is 1. The molecule has 0 N–H and O–H groups in total. The molecule has 8 heteroatoms. The maximum absolute atomic E-state index is 13.2. The van der Waals surface area contributed by atoms with E-state index in [1.807, 2.05) is 13.8 Å². The molecule has 1 aliphatic rings. The van der Waals surface area contributed by atoms with Crippen LogP contribution in [0.25, 0.3) is 5.57 Å². The Balaban J connectivity index is 2.14. The van der Waals surface area contributed by atoms with Gasteiger partial charge in [0.2, 0.25) is 0 Å². The minimum Gasteiger partial charge on any atom is -0.496 e. The monoisotopic (exact) mass is 421 g/mol. The van der Waals surface area contributed by atoms with Crippen molar-refractivity contribution < 1.29 is 27.5 Å². The van der Waals surface area contributed by atoms with E-state index < -0.39 is 23.6 Å². The summed E-state index contributed by atoms with van der Waals surface area (Å²) in [7, 11) is 1.44. The molecule has 0 saturated heterocycles. The zero-order chi connectivity index (χ0) is 21.3. The van der Waals surface area contributed by atoms with Gasteiger partial charge in [0, 0.05) is 10.8 Å². The molecule has 0 unspecified atom stereocenters. The molecule has 29 heavy (non-hydrogen) atoms. The summed E-state index contributed by atoms with van der Waals surface area (Å²) in [6.45, 7) is 3.73. The molecule has 0 aliphatic carbocycles. The zero-order valence-electron chi connectivity index (χ0n) is 15.9. The first-order chi connectivity index (χ1) is 13.6. The molecule has 152 valence electrons. The number of benzene rings is 2. The fourth-order valence-corrected chi connectivity index (χ4v) is 3.98. The van der Waals surface area contributed by atoms with E-state index in [1.54, 1.807) is 24.3 Å². The first-order valence-electron chi connectivity index (χ1n) is 8.75. The molecule has 2 amide bonds. The van der Waals surface area contributed by atoms with Crippen LogP contribution in [0.1, 0.15) is 25.0 Å². The fourth-order valence-electron chi connectivity index (χ4n) is 3.00. The van der Waals surface area contributed by atoms with E-state index >= 15 is 0 Å². The number of halogens is 3. The molecular formula is C21H18F3NO3S. The van der Waals surface area contributed by atoms with Crippen molar-refractivity contribution in [3.63, 3.8) is 0 Å². The average Bonchev–Trinajstić information content (AvgIpc) is 2.90. The second-order valence-corrected chi connectivity index (χ2v) is 8.15. The molecule has 1 aliphatic heterocycles. The predicted octanol–water partition coefficient (Wildman–Crippen LogP) is 5.14. The number of carbonyl (C=O) groups excluding carboxylic acids is 2. The summed E-state index contributed by atoms with van der Waals surface area (Å²) in [4.78, 5) is 27.3. The Kier molecular flexibility index (Phi) is 5.75. The van der Waals surface area contributed by atoms with Crippen LogP contribution in [0.2, 0.25) is 0 Å². The molecule has 1 heterocycles. The van der Waals surface area contributed by atoms with Crippen molar-refractivity contribution in [2.75, 3.05) is 12.0 Å². The van der Waals surface area contributed by atoms with Gasteiger partial charge in [0.05, 0.1) is 28.8 Å². The summed E-state index contributed by atoms with van der Waals surface area (Å²) in [5.41, 5.74) is -0.504. The van der Waals surface area contributed by atoms with E-state index in [9.17, 15) is 22.8 Å². The lowest BCUT2D eigenvalue weighted by molar-refractivity contribution is -0.137. The largest absolute Gasteiger partial charge is 0.496 e. The first-order valence-corrected chi connectivity index (χ1v) is 9.63. The van der Waals surface area contributed by atoms with Crippen LogP contribution in [0.4, 0.5) is 18.9 Å². The van der Waals surface area contributed by atoms with Gasteiger partial charge in [-0.1, -0.05) is 38.1 Å². The molecule has 0 fully saturated rings. The number of para-hydroxylation sites is 1. The van der Waals surface area contributed by atoms with Crippen molar-refractivity contribution in [1.29, 1.82) is 0 Å². The van der Waals surface area contributed by atoms with Gasteiger partial charge in [-0.3, -0.25) is 9.59 Å². The topological polar surface area (TPSA) is 46.6 Å². The number of nitrogens with zero attached hydrogens (tertiary/aromatic N) is 1. The lowest BCUT2D eigenvalue weighted by Gasteiger charge is -2.17. The van der Waals surface area contributed by atoms with Crippen molar-refractivity contribution in [2.24, 2.45) is 0 Å². The maximum Gasteiger partial charge on any atom is 0.416 e. The number of ether oxygens (including phenoxy) is 1. The van der Waals surface area contributed by atoms with Crippen LogP contribution in [0, 0.1) is 0 Å². The summed E-state index contributed by atoms with van der Waals surface area (Å²) in [5.74, 6) is -0.924. The molecule has 0 saturated carbocycles. The van der Waals surface area contributed by atoms with Crippen molar-refractivity contribution in [3.8, 4) is 5.75 Å². The van der Waals surface area contributed by atoms with E-state index in [0.717, 1.165) is 17.0 Å². The second kappa shape index (κ2) is 7.94. The molecule has 0 radical (unpaired) electrons. The number of hydrogen-bond donors (Lipinski definition) is 0. The molecule has 4 nitrogen and oxygen atoms in total. The van der Waals surface area contributed by atoms with E-state index in [0.29, 0.717) is 11.3 Å². The van der Waals surface area contributed by atoms with Crippen LogP contribution >= 0.6 is 11.8 Å². The summed E-state index contributed by atoms with van der Waals surface area (Å²) in [6.07, 6.45) is -4.59. The first kappa shape index (κ1) is 21.0. The Morgan fingerprint density at radius 2 is 1.69 bits per heavy atom. The molecular weight excluding hydrogens is 403 g/mol. The van der Waals surface area contributed by atoms with Crippen LogP contribution in [0.5, 0.6) is 5.75 Å². The van der Waals surface area contributed by atoms with Gasteiger partial charge in [-0.15, -0.1) is 11.8 Å². The normalized spacial score (nSPS) is 14.9. The number of amides is 2. The highest BCUT2D eigenvalue weighted by atomic mass is 32.2. The van der Waals surface area contributed by atoms with Crippen molar-refractivity contribution in [1.82, 2.24) is 0 Å². The highest BCUT2D eigenvalue weighted by Gasteiger charge is 2.42. The Morgan fingerprint density at radius 1 is 1.00 bits per heavy atom. The number of rotatable bonds is 5. The van der Waals surface area contributed by atoms with Gasteiger partial charge in [-0.25, -0.2) is 4.90 Å². The van der Waals surface area contributed by atoms with E-state index in [1.165, 1.54) is 31.0 Å². The van der Waals surface area contributed by atoms with Crippen LogP contribution < -0.4 is 9.64 Å². The molecule has 0 aromatic heterocycles. The van der Waals surface area contributed by atoms with Gasteiger partial charge in [0.1, 0.15) is 5.75 Å². The van der Waals surface area contributed by atoms with Crippen molar-refractivity contribution in [3.05, 3.63) is 64.6 Å². The van der Waals surface area contributed by atoms with Crippen LogP contribution in [-0.4, -0.2) is 24.2 Å². The van der Waals surface area contributed by atoms with Crippen LogP contribution in [0.15, 0.2) is 53.4 Å². The zero-order valence-corrected chi connectivity index (χ0v) is 16.7. The van der Waals surface area contributed by atoms with Gasteiger partial charge < -0.3 is 4.74 Å². The smallest absolute Gasteiger partial charge is 0.416 e. The standard InChI is InChI=1S/C21H18F3NO3S/c1-12(2)29-18-17(15-9-4-5-10-16(15)28-3)19(26)25(20(18)27)14-8-6-7-13(11-14)21(22,23)24/h4-12H,1-3H3. The highest BCUT2D eigenvalue weighted by molar-refractivity contribution is 8.04. The summed E-state index contributed by atoms with van der Waals surface area (Å²) < 4.78 is 44.7. The maximum atomic E-state index is 13.2. The van der Waals surface area contributed by atoms with E-state index in [2.05, 4.69) is 0 Å². The Bertz CT molecular complexity index is 999. The quantitative estimate of drug-likeness (QED) is 0.627. The van der Waals surface area contributed by atoms with Gasteiger partial charge in [-0.2, -0.15) is 13.2 Å². The molecule has 2 aromatic carbocycles. The fraction of sp³-hybridized carbons (Fsp3) is 0.238. The van der Waals surface area contributed by atoms with Crippen LogP contribution in [-0.2, 0) is 15.8 Å². The predicted molar refractivity (Wildman–Crippen MR) is 107 cm³/mol. The SMILES string of the molecule is COc1ccccc1C1=C(SC(C)C)C(=O)N(c2cccc(C(F)(F)F)c2)C1=O. The average molecular weight is 421 g/mol. The lowest BCUT2D eigenvalue weighted by atomic mass is 10.0. The number of alkyl halides is 3. The number of imide groups is 1. The molecule has 3 rings (SSSR count). The van der Waals surface area contributed by atoms with Crippen molar-refractivity contribution in [2.45, 2.75) is 25.3 Å². The molecule has 0 spiro atoms. The Labute approximate surface area is 170 Å². The third kappa shape index (κ3) is 4.03. The molecule has 2 aromatic rings. The summed E-state index contributed by atoms with van der Waals surface area (Å²) in [5, 5.41) is -0.0204. The van der Waals surface area contributed by atoms with E-state index in [-0.39, 0.29) is 21.4 Å². The summed E-state index contributed by atoms with van der Waals surface area (Å²) in [6, 6.07) is 10.9. The molecule has 0 atom stereocenters. The van der Waals surface area contributed by atoms with Crippen molar-refractivity contribution >= 4 is 34.8 Å². The van der Waals surface area contributed by atoms with Gasteiger partial charge >= 0.3 is 6.18 Å². The summed E-state index contributed by atoms with van der Waals surface area (Å²) >= 11 is 1.19. The number of anilines is 1. The van der Waals surface area contributed by atoms with Crippen LogP contribution in [0.3, 0.4) is 0 Å². The third-order valence-corrected chi connectivity index (χ3v) is 5.29.